The lowest BCUT2D eigenvalue weighted by Crippen LogP contribution is -2.55. The van der Waals surface area contributed by atoms with E-state index in [4.69, 9.17) is 9.66 Å². The molecule has 0 aromatic heterocycles. The molecule has 1 atom stereocenters. The molecule has 0 aliphatic heterocycles. The summed E-state index contributed by atoms with van der Waals surface area (Å²) in [5, 5.41) is 10.9. The Morgan fingerprint density at radius 1 is 1.39 bits per heavy atom. The lowest BCUT2D eigenvalue weighted by atomic mass is 9.96. The molecule has 0 saturated heterocycles. The summed E-state index contributed by atoms with van der Waals surface area (Å²) in [6, 6.07) is -1.49. The summed E-state index contributed by atoms with van der Waals surface area (Å²) < 4.78 is 29.6. The van der Waals surface area contributed by atoms with E-state index in [-0.39, 0.29) is 0 Å². The third-order valence-electron chi connectivity index (χ3n) is 2.46. The largest absolute Gasteiger partial charge is 0.478 e. The Hall–Kier alpha value is -1.67. The zero-order valence-electron chi connectivity index (χ0n) is 10.0. The number of amides is 1. The van der Waals surface area contributed by atoms with Crippen LogP contribution in [0.4, 0.5) is 0 Å². The second-order valence-corrected chi connectivity index (χ2v) is 6.06. The van der Waals surface area contributed by atoms with E-state index in [0.29, 0.717) is 0 Å². The van der Waals surface area contributed by atoms with Crippen LogP contribution in [-0.2, 0) is 19.7 Å². The van der Waals surface area contributed by atoms with E-state index in [2.05, 4.69) is 18.5 Å². The van der Waals surface area contributed by atoms with Crippen LogP contribution in [0.3, 0.4) is 0 Å². The molecule has 0 heterocycles. The van der Waals surface area contributed by atoms with Gasteiger partial charge in [-0.25, -0.2) is 4.79 Å². The van der Waals surface area contributed by atoms with Crippen molar-refractivity contribution in [2.75, 3.05) is 0 Å². The van der Waals surface area contributed by atoms with Gasteiger partial charge in [0.05, 0.1) is 11.6 Å². The van der Waals surface area contributed by atoms with Gasteiger partial charge >= 0.3 is 5.97 Å². The summed E-state index contributed by atoms with van der Waals surface area (Å²) >= 11 is 0. The fraction of sp³-hybridized carbons (Fsp3) is 0.400. The monoisotopic (exact) mass is 277 g/mol. The fourth-order valence-corrected chi connectivity index (χ4v) is 1.65. The second kappa shape index (κ2) is 5.32. The van der Waals surface area contributed by atoms with Crippen LogP contribution < -0.4 is 5.32 Å². The molecular weight excluding hydrogens is 262 g/mol. The van der Waals surface area contributed by atoms with Crippen molar-refractivity contribution in [2.45, 2.75) is 24.6 Å². The number of hydrogen-bond acceptors (Lipinski definition) is 4. The molecule has 0 fully saturated rings. The third kappa shape index (κ3) is 3.41. The molecule has 102 valence electrons. The van der Waals surface area contributed by atoms with E-state index in [1.807, 2.05) is 0 Å². The molecule has 0 spiro atoms. The van der Waals surface area contributed by atoms with E-state index >= 15 is 0 Å². The van der Waals surface area contributed by atoms with Crippen molar-refractivity contribution in [3.63, 3.8) is 0 Å². The molecule has 3 N–H and O–H groups in total. The Balaban J connectivity index is 5.62. The first-order valence-electron chi connectivity index (χ1n) is 4.77. The lowest BCUT2D eigenvalue weighted by molar-refractivity contribution is -0.133. The molecule has 0 aromatic rings. The van der Waals surface area contributed by atoms with E-state index in [9.17, 15) is 18.0 Å². The third-order valence-corrected chi connectivity index (χ3v) is 4.02. The van der Waals surface area contributed by atoms with Gasteiger partial charge in [0.2, 0.25) is 5.91 Å². The zero-order chi connectivity index (χ0) is 14.7. The highest BCUT2D eigenvalue weighted by Crippen LogP contribution is 2.24. The number of carbonyl (C=O) groups is 2. The van der Waals surface area contributed by atoms with Gasteiger partial charge in [-0.1, -0.05) is 13.2 Å². The average Bonchev–Trinajstić information content (AvgIpc) is 2.22. The average molecular weight is 277 g/mol. The molecule has 0 bridgehead atoms. The summed E-state index contributed by atoms with van der Waals surface area (Å²) in [5.41, 5.74) is -0.562. The summed E-state index contributed by atoms with van der Waals surface area (Å²) in [5.74, 6) is -2.26. The van der Waals surface area contributed by atoms with Crippen molar-refractivity contribution < 1.29 is 27.7 Å². The van der Waals surface area contributed by atoms with Gasteiger partial charge in [0.25, 0.3) is 10.1 Å². The highest BCUT2D eigenvalue weighted by Gasteiger charge is 2.44. The van der Waals surface area contributed by atoms with Crippen molar-refractivity contribution in [3.8, 4) is 0 Å². The van der Waals surface area contributed by atoms with Crippen LogP contribution in [0.25, 0.3) is 0 Å². The number of nitrogens with one attached hydrogen (secondary N) is 1. The van der Waals surface area contributed by atoms with Crippen LogP contribution in [0, 0.1) is 0 Å². The maximum absolute atomic E-state index is 11.2. The first kappa shape index (κ1) is 16.3. The Morgan fingerprint density at radius 2 is 1.83 bits per heavy atom. The van der Waals surface area contributed by atoms with Crippen LogP contribution in [-0.4, -0.2) is 40.7 Å². The highest BCUT2D eigenvalue weighted by molar-refractivity contribution is 7.87. The summed E-state index contributed by atoms with van der Waals surface area (Å²) in [6.45, 7) is 8.51. The zero-order valence-corrected chi connectivity index (χ0v) is 10.8. The number of carboxylic acid groups (broad SMARTS) is 1. The molecule has 0 aliphatic rings. The molecule has 7 nitrogen and oxygen atoms in total. The minimum Gasteiger partial charge on any atom is -0.478 e. The van der Waals surface area contributed by atoms with Crippen LogP contribution in [0.15, 0.2) is 24.8 Å². The smallest absolute Gasteiger partial charge is 0.333 e. The minimum atomic E-state index is -4.61. The van der Waals surface area contributed by atoms with Crippen molar-refractivity contribution in [3.05, 3.63) is 24.8 Å². The van der Waals surface area contributed by atoms with Gasteiger partial charge in [-0.05, 0) is 19.9 Å². The van der Waals surface area contributed by atoms with E-state index in [1.165, 1.54) is 0 Å². The van der Waals surface area contributed by atoms with Crippen LogP contribution in [0.2, 0.25) is 0 Å². The predicted molar refractivity (Wildman–Crippen MR) is 64.5 cm³/mol. The van der Waals surface area contributed by atoms with Crippen molar-refractivity contribution in [2.24, 2.45) is 0 Å². The first-order chi connectivity index (χ1) is 7.95. The SMILES string of the molecule is C=CC(=O)NC(C(=C)C(=O)O)C(C)(C)S(=O)(=O)O. The van der Waals surface area contributed by atoms with Crippen LogP contribution >= 0.6 is 0 Å². The maximum Gasteiger partial charge on any atom is 0.333 e. The number of hydrogen-bond donors (Lipinski definition) is 3. The Bertz CT molecular complexity index is 490. The maximum atomic E-state index is 11.2. The Labute approximate surface area is 105 Å². The van der Waals surface area contributed by atoms with Crippen molar-refractivity contribution in [1.29, 1.82) is 0 Å². The molecule has 0 saturated carbocycles. The summed E-state index contributed by atoms with van der Waals surface area (Å²) in [7, 11) is -4.61. The van der Waals surface area contributed by atoms with Crippen LogP contribution in [0.1, 0.15) is 13.8 Å². The van der Waals surface area contributed by atoms with E-state index in [0.717, 1.165) is 19.9 Å². The molecule has 0 rings (SSSR count). The number of carbonyl (C=O) groups excluding carboxylic acids is 1. The number of rotatable bonds is 6. The summed E-state index contributed by atoms with van der Waals surface area (Å²) in [4.78, 5) is 22.0. The number of carboxylic acids is 1. The Morgan fingerprint density at radius 3 is 2.11 bits per heavy atom. The highest BCUT2D eigenvalue weighted by atomic mass is 32.2. The van der Waals surface area contributed by atoms with E-state index in [1.54, 1.807) is 0 Å². The standard InChI is InChI=1S/C10H15NO6S/c1-5-7(12)11-8(6(2)9(13)14)10(3,4)18(15,16)17/h5,8H,1-2H2,3-4H3,(H,11,12)(H,13,14)(H,15,16,17). The molecule has 0 aliphatic carbocycles. The van der Waals surface area contributed by atoms with E-state index < -0.39 is 38.4 Å². The first-order valence-corrected chi connectivity index (χ1v) is 6.21. The molecule has 1 unspecified atom stereocenters. The van der Waals surface area contributed by atoms with Crippen molar-refractivity contribution in [1.82, 2.24) is 5.32 Å². The molecule has 8 heteroatoms. The van der Waals surface area contributed by atoms with Gasteiger partial charge in [-0.2, -0.15) is 8.42 Å². The lowest BCUT2D eigenvalue weighted by Gasteiger charge is -2.31. The summed E-state index contributed by atoms with van der Waals surface area (Å²) in [6.07, 6.45) is 0.849. The van der Waals surface area contributed by atoms with Gasteiger partial charge in [0.15, 0.2) is 0 Å². The van der Waals surface area contributed by atoms with Gasteiger partial charge in [0.1, 0.15) is 4.75 Å². The fourth-order valence-electron chi connectivity index (χ4n) is 1.15. The molecule has 0 aromatic carbocycles. The second-order valence-electron chi connectivity index (χ2n) is 4.05. The molecular formula is C10H15NO6S. The normalized spacial score (nSPS) is 13.5. The van der Waals surface area contributed by atoms with Gasteiger partial charge in [-0.15, -0.1) is 0 Å². The van der Waals surface area contributed by atoms with Gasteiger partial charge < -0.3 is 10.4 Å². The van der Waals surface area contributed by atoms with Crippen LogP contribution in [0.5, 0.6) is 0 Å². The quantitative estimate of drug-likeness (QED) is 0.463. The predicted octanol–water partition coefficient (Wildman–Crippen LogP) is -0.0356. The topological polar surface area (TPSA) is 121 Å². The minimum absolute atomic E-state index is 0.562. The molecule has 1 amide bonds. The van der Waals surface area contributed by atoms with Gasteiger partial charge in [0, 0.05) is 0 Å². The molecule has 18 heavy (non-hydrogen) atoms. The Kier molecular flexibility index (Phi) is 4.82. The van der Waals surface area contributed by atoms with Gasteiger partial charge in [-0.3, -0.25) is 9.35 Å². The number of aliphatic carboxylic acids is 1. The van der Waals surface area contributed by atoms with Crippen molar-refractivity contribution >= 4 is 22.0 Å². The molecule has 0 radical (unpaired) electrons.